The van der Waals surface area contributed by atoms with Crippen molar-refractivity contribution in [1.82, 2.24) is 0 Å². The van der Waals surface area contributed by atoms with Crippen LogP contribution < -0.4 is 0 Å². The quantitative estimate of drug-likeness (QED) is 0.318. The first kappa shape index (κ1) is 18.5. The van der Waals surface area contributed by atoms with Gasteiger partial charge in [-0.1, -0.05) is 26.0 Å². The molecule has 0 aromatic rings. The van der Waals surface area contributed by atoms with E-state index in [2.05, 4.69) is 0 Å². The molecular formula is C14H26O7. The van der Waals surface area contributed by atoms with Gasteiger partial charge in [0.25, 0.3) is 0 Å². The molecule has 8 atom stereocenters. The van der Waals surface area contributed by atoms with Crippen molar-refractivity contribution in [3.63, 3.8) is 0 Å². The van der Waals surface area contributed by atoms with Crippen molar-refractivity contribution < 1.29 is 35.4 Å². The molecule has 7 nitrogen and oxygen atoms in total. The van der Waals surface area contributed by atoms with Gasteiger partial charge in [0.2, 0.25) is 0 Å². The van der Waals surface area contributed by atoms with Crippen LogP contribution in [0.1, 0.15) is 20.3 Å². The Balaban J connectivity index is 2.69. The lowest BCUT2D eigenvalue weighted by molar-refractivity contribution is -0.216. The lowest BCUT2D eigenvalue weighted by atomic mass is 9.93. The lowest BCUT2D eigenvalue weighted by Crippen LogP contribution is -2.57. The zero-order valence-corrected chi connectivity index (χ0v) is 12.3. The maximum absolute atomic E-state index is 9.85. The average Bonchev–Trinajstić information content (AvgIpc) is 2.50. The van der Waals surface area contributed by atoms with Crippen LogP contribution in [-0.4, -0.2) is 80.0 Å². The van der Waals surface area contributed by atoms with E-state index in [1.807, 2.05) is 0 Å². The van der Waals surface area contributed by atoms with Gasteiger partial charge in [-0.3, -0.25) is 0 Å². The zero-order chi connectivity index (χ0) is 16.2. The van der Waals surface area contributed by atoms with E-state index in [0.717, 1.165) is 0 Å². The molecule has 2 unspecified atom stereocenters. The standard InChI is InChI=1S/C14H26O7/c1-3-8(16)11(17)7(2)4-5-9-12(18)14(20)13(19)10(6-15)21-9/h4-5,7-20H,3,6H2,1-2H3/b5-4-/t7-,8+,9-,10?,11-,12-,13-,14?/m0/s1. The molecular weight excluding hydrogens is 280 g/mol. The van der Waals surface area contributed by atoms with Crippen LogP contribution in [0.2, 0.25) is 0 Å². The molecule has 0 bridgehead atoms. The van der Waals surface area contributed by atoms with Gasteiger partial charge in [-0.15, -0.1) is 0 Å². The topological polar surface area (TPSA) is 131 Å². The highest BCUT2D eigenvalue weighted by molar-refractivity contribution is 5.04. The van der Waals surface area contributed by atoms with E-state index in [0.29, 0.717) is 6.42 Å². The first-order valence-electron chi connectivity index (χ1n) is 7.18. The number of aliphatic hydroxyl groups excluding tert-OH is 6. The van der Waals surface area contributed by atoms with Crippen molar-refractivity contribution >= 4 is 0 Å². The largest absolute Gasteiger partial charge is 0.394 e. The van der Waals surface area contributed by atoms with Crippen LogP contribution in [0.15, 0.2) is 12.2 Å². The summed E-state index contributed by atoms with van der Waals surface area (Å²) < 4.78 is 5.31. The first-order valence-corrected chi connectivity index (χ1v) is 7.18. The van der Waals surface area contributed by atoms with Gasteiger partial charge in [-0.25, -0.2) is 0 Å². The summed E-state index contributed by atoms with van der Waals surface area (Å²) in [6.07, 6.45) is -4.37. The van der Waals surface area contributed by atoms with Gasteiger partial charge in [0, 0.05) is 5.92 Å². The molecule has 1 rings (SSSR count). The van der Waals surface area contributed by atoms with E-state index >= 15 is 0 Å². The molecule has 6 N–H and O–H groups in total. The summed E-state index contributed by atoms with van der Waals surface area (Å²) in [5, 5.41) is 57.6. The third-order valence-electron chi connectivity index (χ3n) is 3.88. The molecule has 7 heteroatoms. The van der Waals surface area contributed by atoms with E-state index in [-0.39, 0.29) is 5.92 Å². The van der Waals surface area contributed by atoms with Gasteiger partial charge < -0.3 is 35.4 Å². The third kappa shape index (κ3) is 4.46. The van der Waals surface area contributed by atoms with Crippen LogP contribution >= 0.6 is 0 Å². The molecule has 0 aromatic carbocycles. The van der Waals surface area contributed by atoms with Crippen LogP contribution in [0, 0.1) is 5.92 Å². The van der Waals surface area contributed by atoms with Crippen LogP contribution in [0.5, 0.6) is 0 Å². The molecule has 1 fully saturated rings. The number of hydrogen-bond donors (Lipinski definition) is 6. The minimum atomic E-state index is -1.42. The van der Waals surface area contributed by atoms with Gasteiger partial charge >= 0.3 is 0 Å². The highest BCUT2D eigenvalue weighted by atomic mass is 16.5. The maximum Gasteiger partial charge on any atom is 0.112 e. The Bertz CT molecular complexity index is 333. The van der Waals surface area contributed by atoms with Crippen molar-refractivity contribution in [2.75, 3.05) is 6.61 Å². The van der Waals surface area contributed by atoms with E-state index in [9.17, 15) is 25.5 Å². The molecule has 124 valence electrons. The molecule has 0 aliphatic carbocycles. The Kier molecular flexibility index (Phi) is 7.22. The third-order valence-corrected chi connectivity index (χ3v) is 3.88. The maximum atomic E-state index is 9.85. The predicted molar refractivity (Wildman–Crippen MR) is 74.4 cm³/mol. The Morgan fingerprint density at radius 3 is 2.24 bits per heavy atom. The Hall–Kier alpha value is -0.540. The Morgan fingerprint density at radius 2 is 1.71 bits per heavy atom. The van der Waals surface area contributed by atoms with E-state index < -0.39 is 49.3 Å². The summed E-state index contributed by atoms with van der Waals surface area (Å²) in [5.74, 6) is -0.382. The summed E-state index contributed by atoms with van der Waals surface area (Å²) in [4.78, 5) is 0. The summed E-state index contributed by atoms with van der Waals surface area (Å²) in [7, 11) is 0. The predicted octanol–water partition coefficient (Wildman–Crippen LogP) is -1.85. The fourth-order valence-corrected chi connectivity index (χ4v) is 2.28. The van der Waals surface area contributed by atoms with Crippen molar-refractivity contribution in [2.45, 2.75) is 63.0 Å². The number of rotatable bonds is 6. The molecule has 1 aliphatic rings. The minimum Gasteiger partial charge on any atom is -0.394 e. The second-order valence-electron chi connectivity index (χ2n) is 5.50. The van der Waals surface area contributed by atoms with Gasteiger partial charge in [-0.05, 0) is 6.42 Å². The second kappa shape index (κ2) is 8.19. The van der Waals surface area contributed by atoms with Gasteiger partial charge in [0.15, 0.2) is 0 Å². The van der Waals surface area contributed by atoms with Crippen LogP contribution in [0.4, 0.5) is 0 Å². The lowest BCUT2D eigenvalue weighted by Gasteiger charge is -2.39. The van der Waals surface area contributed by atoms with Crippen molar-refractivity contribution in [3.05, 3.63) is 12.2 Å². The van der Waals surface area contributed by atoms with Crippen LogP contribution in [-0.2, 0) is 4.74 Å². The fourth-order valence-electron chi connectivity index (χ4n) is 2.28. The SMILES string of the molecule is CC[C@@H](O)[C@@H](O)[C@@H](C)/C=C\[C@@H]1OC(CO)[C@H](O)C(O)[C@H]1O. The zero-order valence-electron chi connectivity index (χ0n) is 12.3. The van der Waals surface area contributed by atoms with Gasteiger partial charge in [-0.2, -0.15) is 0 Å². The van der Waals surface area contributed by atoms with Crippen LogP contribution in [0.3, 0.4) is 0 Å². The molecule has 21 heavy (non-hydrogen) atoms. The average molecular weight is 306 g/mol. The van der Waals surface area contributed by atoms with E-state index in [4.69, 9.17) is 9.84 Å². The van der Waals surface area contributed by atoms with E-state index in [1.165, 1.54) is 6.08 Å². The molecule has 0 saturated carbocycles. The summed E-state index contributed by atoms with van der Waals surface area (Å²) >= 11 is 0. The highest BCUT2D eigenvalue weighted by Crippen LogP contribution is 2.23. The van der Waals surface area contributed by atoms with E-state index in [1.54, 1.807) is 19.9 Å². The molecule has 0 amide bonds. The molecule has 0 radical (unpaired) electrons. The molecule has 1 aliphatic heterocycles. The second-order valence-corrected chi connectivity index (χ2v) is 5.50. The highest BCUT2D eigenvalue weighted by Gasteiger charge is 2.42. The van der Waals surface area contributed by atoms with Gasteiger partial charge in [0.1, 0.15) is 30.5 Å². The fraction of sp³-hybridized carbons (Fsp3) is 0.857. The smallest absolute Gasteiger partial charge is 0.112 e. The normalized spacial score (nSPS) is 38.4. The summed E-state index contributed by atoms with van der Waals surface area (Å²) in [5.41, 5.74) is 0. The number of aliphatic hydroxyl groups is 6. The van der Waals surface area contributed by atoms with Crippen LogP contribution in [0.25, 0.3) is 0 Å². The minimum absolute atomic E-state index is 0.382. The molecule has 0 spiro atoms. The number of hydrogen-bond acceptors (Lipinski definition) is 7. The van der Waals surface area contributed by atoms with Crippen molar-refractivity contribution in [3.8, 4) is 0 Å². The number of ether oxygens (including phenoxy) is 1. The summed E-state index contributed by atoms with van der Waals surface area (Å²) in [6, 6.07) is 0. The first-order chi connectivity index (χ1) is 9.83. The molecule has 0 aromatic heterocycles. The molecule has 1 heterocycles. The van der Waals surface area contributed by atoms with Crippen molar-refractivity contribution in [1.29, 1.82) is 0 Å². The Morgan fingerprint density at radius 1 is 1.10 bits per heavy atom. The Labute approximate surface area is 124 Å². The van der Waals surface area contributed by atoms with Crippen molar-refractivity contribution in [2.24, 2.45) is 5.92 Å². The van der Waals surface area contributed by atoms with Gasteiger partial charge in [0.05, 0.1) is 18.8 Å². The summed E-state index contributed by atoms with van der Waals surface area (Å²) in [6.45, 7) is 2.97. The monoisotopic (exact) mass is 306 g/mol. The molecule has 1 saturated heterocycles.